The largest absolute Gasteiger partial charge is 0.494 e. The number of carbonyl (C=O) groups is 1. The van der Waals surface area contributed by atoms with Gasteiger partial charge in [0.05, 0.1) is 17.9 Å². The van der Waals surface area contributed by atoms with Crippen LogP contribution in [-0.4, -0.2) is 49.2 Å². The van der Waals surface area contributed by atoms with E-state index in [4.69, 9.17) is 9.72 Å². The van der Waals surface area contributed by atoms with Crippen molar-refractivity contribution in [1.29, 1.82) is 0 Å². The zero-order valence-corrected chi connectivity index (χ0v) is 19.3. The van der Waals surface area contributed by atoms with E-state index >= 15 is 0 Å². The molecule has 0 atom stereocenters. The molecule has 5 rings (SSSR count). The second-order valence-electron chi connectivity index (χ2n) is 7.98. The Balaban J connectivity index is 1.27. The molecule has 0 saturated carbocycles. The van der Waals surface area contributed by atoms with Crippen LogP contribution >= 0.6 is 11.3 Å². The van der Waals surface area contributed by atoms with Crippen LogP contribution in [0.1, 0.15) is 17.2 Å². The number of carbonyl (C=O) groups excluding carboxylic acids is 1. The third-order valence-electron chi connectivity index (χ3n) is 5.96. The summed E-state index contributed by atoms with van der Waals surface area (Å²) < 4.78 is 6.56. The highest BCUT2D eigenvalue weighted by Crippen LogP contribution is 2.34. The van der Waals surface area contributed by atoms with Crippen LogP contribution in [0.3, 0.4) is 0 Å². The van der Waals surface area contributed by atoms with Crippen molar-refractivity contribution >= 4 is 32.7 Å². The summed E-state index contributed by atoms with van der Waals surface area (Å²) in [6, 6.07) is 26.0. The molecule has 6 nitrogen and oxygen atoms in total. The summed E-state index contributed by atoms with van der Waals surface area (Å²) >= 11 is 1.66. The first kappa shape index (κ1) is 21.3. The fourth-order valence-corrected chi connectivity index (χ4v) is 5.21. The van der Waals surface area contributed by atoms with E-state index in [-0.39, 0.29) is 12.1 Å². The number of piperazine rings is 1. The van der Waals surface area contributed by atoms with Gasteiger partial charge in [-0.05, 0) is 23.3 Å². The monoisotopic (exact) mass is 458 g/mol. The molecule has 1 aliphatic rings. The van der Waals surface area contributed by atoms with Crippen LogP contribution in [0.2, 0.25) is 0 Å². The molecule has 33 heavy (non-hydrogen) atoms. The number of nitrogens with zero attached hydrogens (tertiary/aromatic N) is 3. The van der Waals surface area contributed by atoms with Crippen LogP contribution in [0.4, 0.5) is 9.93 Å². The van der Waals surface area contributed by atoms with Crippen LogP contribution < -0.4 is 15.0 Å². The third kappa shape index (κ3) is 4.50. The zero-order chi connectivity index (χ0) is 22.6. The normalized spacial score (nSPS) is 14.0. The number of hydrogen-bond donors (Lipinski definition) is 1. The Labute approximate surface area is 197 Å². The van der Waals surface area contributed by atoms with Crippen molar-refractivity contribution in [3.8, 4) is 5.75 Å². The van der Waals surface area contributed by atoms with Crippen LogP contribution in [0.5, 0.6) is 5.75 Å². The van der Waals surface area contributed by atoms with E-state index < -0.39 is 0 Å². The van der Waals surface area contributed by atoms with Gasteiger partial charge in [-0.2, -0.15) is 0 Å². The van der Waals surface area contributed by atoms with Crippen molar-refractivity contribution in [2.75, 3.05) is 38.2 Å². The number of ether oxygens (including phenoxy) is 1. The average Bonchev–Trinajstić information content (AvgIpc) is 3.33. The van der Waals surface area contributed by atoms with Gasteiger partial charge in [0.25, 0.3) is 0 Å². The molecule has 1 aliphatic heterocycles. The van der Waals surface area contributed by atoms with Gasteiger partial charge in [-0.3, -0.25) is 0 Å². The predicted octanol–water partition coefficient (Wildman–Crippen LogP) is 4.93. The fraction of sp³-hybridized carbons (Fsp3) is 0.231. The molecule has 0 spiro atoms. The van der Waals surface area contributed by atoms with Gasteiger partial charge in [0, 0.05) is 26.2 Å². The maximum Gasteiger partial charge on any atom is 0.318 e. The number of anilines is 1. The standard InChI is InChI=1S/C26H26N4O2S/c1-32-21-13-8-14-22-24(21)28-26(33-22)30-17-15-29(16-18-30)25(31)27-23(19-9-4-2-5-10-19)20-11-6-3-7-12-20/h2-14,23H,15-18H2,1H3,(H,27,31). The molecule has 4 aromatic rings. The van der Waals surface area contributed by atoms with Gasteiger partial charge in [0.2, 0.25) is 0 Å². The Morgan fingerprint density at radius 3 is 2.15 bits per heavy atom. The number of urea groups is 1. The Morgan fingerprint density at radius 2 is 1.55 bits per heavy atom. The summed E-state index contributed by atoms with van der Waals surface area (Å²) in [5.41, 5.74) is 3.03. The summed E-state index contributed by atoms with van der Waals surface area (Å²) in [5.74, 6) is 0.792. The van der Waals surface area contributed by atoms with Gasteiger partial charge in [-0.25, -0.2) is 9.78 Å². The van der Waals surface area contributed by atoms with Gasteiger partial charge in [0.1, 0.15) is 11.3 Å². The van der Waals surface area contributed by atoms with E-state index in [2.05, 4.69) is 40.5 Å². The summed E-state index contributed by atoms with van der Waals surface area (Å²) in [6.07, 6.45) is 0. The highest BCUT2D eigenvalue weighted by atomic mass is 32.1. The number of aromatic nitrogens is 1. The average molecular weight is 459 g/mol. The lowest BCUT2D eigenvalue weighted by atomic mass is 9.99. The quantitative estimate of drug-likeness (QED) is 0.461. The lowest BCUT2D eigenvalue weighted by molar-refractivity contribution is 0.192. The molecule has 1 aromatic heterocycles. The van der Waals surface area contributed by atoms with Crippen LogP contribution in [0.15, 0.2) is 78.9 Å². The molecule has 7 heteroatoms. The van der Waals surface area contributed by atoms with E-state index in [1.807, 2.05) is 53.4 Å². The summed E-state index contributed by atoms with van der Waals surface area (Å²) in [6.45, 7) is 2.79. The fourth-order valence-electron chi connectivity index (χ4n) is 4.18. The van der Waals surface area contributed by atoms with Gasteiger partial charge in [0.15, 0.2) is 5.13 Å². The van der Waals surface area contributed by atoms with Gasteiger partial charge in [-0.1, -0.05) is 78.1 Å². The first-order chi connectivity index (χ1) is 16.2. The SMILES string of the molecule is COc1cccc2sc(N3CCN(C(=O)NC(c4ccccc4)c4ccccc4)CC3)nc12. The molecular weight excluding hydrogens is 432 g/mol. The minimum Gasteiger partial charge on any atom is -0.494 e. The number of nitrogens with one attached hydrogen (secondary N) is 1. The first-order valence-electron chi connectivity index (χ1n) is 11.1. The molecule has 1 fully saturated rings. The number of methoxy groups -OCH3 is 1. The van der Waals surface area contributed by atoms with E-state index in [1.165, 1.54) is 0 Å². The maximum absolute atomic E-state index is 13.2. The highest BCUT2D eigenvalue weighted by molar-refractivity contribution is 7.22. The minimum absolute atomic E-state index is 0.0432. The first-order valence-corrected chi connectivity index (χ1v) is 11.9. The summed E-state index contributed by atoms with van der Waals surface area (Å²) in [4.78, 5) is 22.1. The molecule has 3 aromatic carbocycles. The summed E-state index contributed by atoms with van der Waals surface area (Å²) in [5, 5.41) is 4.22. The maximum atomic E-state index is 13.2. The molecule has 1 N–H and O–H groups in total. The second kappa shape index (κ2) is 9.50. The third-order valence-corrected chi connectivity index (χ3v) is 7.04. The molecule has 0 unspecified atom stereocenters. The Hall–Kier alpha value is -3.58. The van der Waals surface area contributed by atoms with Crippen molar-refractivity contribution in [1.82, 2.24) is 15.2 Å². The second-order valence-corrected chi connectivity index (χ2v) is 8.99. The van der Waals surface area contributed by atoms with Crippen LogP contribution in [0, 0.1) is 0 Å². The molecule has 168 valence electrons. The summed E-state index contributed by atoms with van der Waals surface area (Å²) in [7, 11) is 1.67. The molecule has 2 heterocycles. The van der Waals surface area contributed by atoms with Crippen LogP contribution in [0.25, 0.3) is 10.2 Å². The van der Waals surface area contributed by atoms with Crippen LogP contribution in [-0.2, 0) is 0 Å². The highest BCUT2D eigenvalue weighted by Gasteiger charge is 2.26. The number of para-hydroxylation sites is 1. The molecule has 0 radical (unpaired) electrons. The number of thiazole rings is 1. The Kier molecular flexibility index (Phi) is 6.13. The molecular formula is C26H26N4O2S. The Bertz CT molecular complexity index is 1180. The van der Waals surface area contributed by atoms with Crippen molar-refractivity contribution in [2.45, 2.75) is 6.04 Å². The van der Waals surface area contributed by atoms with Gasteiger partial charge < -0.3 is 19.9 Å². The number of hydrogen-bond acceptors (Lipinski definition) is 5. The minimum atomic E-state index is -0.186. The zero-order valence-electron chi connectivity index (χ0n) is 18.5. The number of amides is 2. The molecule has 0 aliphatic carbocycles. The van der Waals surface area contributed by atoms with E-state index in [0.29, 0.717) is 13.1 Å². The number of rotatable bonds is 5. The van der Waals surface area contributed by atoms with Crippen molar-refractivity contribution in [3.05, 3.63) is 90.0 Å². The van der Waals surface area contributed by atoms with Crippen molar-refractivity contribution in [2.24, 2.45) is 0 Å². The molecule has 0 bridgehead atoms. The lowest BCUT2D eigenvalue weighted by Gasteiger charge is -2.35. The lowest BCUT2D eigenvalue weighted by Crippen LogP contribution is -2.52. The smallest absolute Gasteiger partial charge is 0.318 e. The predicted molar refractivity (Wildman–Crippen MR) is 133 cm³/mol. The van der Waals surface area contributed by atoms with E-state index in [0.717, 1.165) is 45.3 Å². The topological polar surface area (TPSA) is 57.7 Å². The van der Waals surface area contributed by atoms with E-state index in [1.54, 1.807) is 18.4 Å². The van der Waals surface area contributed by atoms with E-state index in [9.17, 15) is 4.79 Å². The Morgan fingerprint density at radius 1 is 0.909 bits per heavy atom. The van der Waals surface area contributed by atoms with Crippen molar-refractivity contribution in [3.63, 3.8) is 0 Å². The number of fused-ring (bicyclic) bond motifs is 1. The van der Waals surface area contributed by atoms with Gasteiger partial charge >= 0.3 is 6.03 Å². The molecule has 2 amide bonds. The van der Waals surface area contributed by atoms with Gasteiger partial charge in [-0.15, -0.1) is 0 Å². The number of benzene rings is 3. The molecule has 1 saturated heterocycles. The van der Waals surface area contributed by atoms with Crippen molar-refractivity contribution < 1.29 is 9.53 Å².